The molecular formula is C12H20N2O2S2. The predicted molar refractivity (Wildman–Crippen MR) is 74.0 cm³/mol. The minimum atomic E-state index is -3.38. The molecule has 1 unspecified atom stereocenters. The van der Waals surface area contributed by atoms with E-state index in [2.05, 4.69) is 18.6 Å². The van der Waals surface area contributed by atoms with Gasteiger partial charge in [-0.3, -0.25) is 0 Å². The van der Waals surface area contributed by atoms with Crippen LogP contribution in [0.25, 0.3) is 0 Å². The van der Waals surface area contributed by atoms with Gasteiger partial charge < -0.3 is 5.73 Å². The second-order valence-corrected chi connectivity index (χ2v) is 8.39. The van der Waals surface area contributed by atoms with Crippen LogP contribution in [0.1, 0.15) is 38.0 Å². The Labute approximate surface area is 113 Å². The third kappa shape index (κ3) is 3.12. The molecule has 102 valence electrons. The zero-order valence-corrected chi connectivity index (χ0v) is 12.4. The third-order valence-electron chi connectivity index (χ3n) is 3.43. The lowest BCUT2D eigenvalue weighted by Crippen LogP contribution is -2.33. The van der Waals surface area contributed by atoms with E-state index in [0.29, 0.717) is 11.4 Å². The molecule has 1 heterocycles. The number of thiophene rings is 1. The first-order chi connectivity index (χ1) is 8.32. The summed E-state index contributed by atoms with van der Waals surface area (Å²) in [5, 5.41) is 1.66. The number of sulfonamides is 1. The molecule has 1 saturated carbocycles. The van der Waals surface area contributed by atoms with Crippen LogP contribution in [-0.4, -0.2) is 14.5 Å². The molecule has 6 heteroatoms. The van der Waals surface area contributed by atoms with Gasteiger partial charge in [-0.05, 0) is 30.7 Å². The molecule has 1 atom stereocenters. The summed E-state index contributed by atoms with van der Waals surface area (Å²) in [6.45, 7) is 4.74. The minimum absolute atomic E-state index is 0.0613. The Kier molecular flexibility index (Phi) is 3.82. The Bertz CT molecular complexity index is 520. The van der Waals surface area contributed by atoms with Crippen LogP contribution in [0, 0.1) is 5.41 Å². The van der Waals surface area contributed by atoms with Crippen LogP contribution >= 0.6 is 11.3 Å². The molecule has 0 bridgehead atoms. The molecule has 0 amide bonds. The van der Waals surface area contributed by atoms with Crippen molar-refractivity contribution in [2.75, 3.05) is 0 Å². The summed E-state index contributed by atoms with van der Waals surface area (Å²) >= 11 is 1.39. The highest BCUT2D eigenvalue weighted by Crippen LogP contribution is 2.37. The Hall–Kier alpha value is -0.430. The van der Waals surface area contributed by atoms with E-state index in [1.807, 2.05) is 0 Å². The molecule has 0 saturated heterocycles. The zero-order chi connectivity index (χ0) is 13.4. The number of hydrogen-bond donors (Lipinski definition) is 2. The normalized spacial score (nSPS) is 23.4. The maximum Gasteiger partial charge on any atom is 0.241 e. The summed E-state index contributed by atoms with van der Waals surface area (Å²) in [7, 11) is -3.38. The quantitative estimate of drug-likeness (QED) is 0.891. The monoisotopic (exact) mass is 288 g/mol. The molecule has 18 heavy (non-hydrogen) atoms. The summed E-state index contributed by atoms with van der Waals surface area (Å²) < 4.78 is 27.2. The second kappa shape index (κ2) is 4.92. The van der Waals surface area contributed by atoms with Gasteiger partial charge in [0, 0.05) is 22.8 Å². The van der Waals surface area contributed by atoms with Gasteiger partial charge in [0.2, 0.25) is 10.0 Å². The highest BCUT2D eigenvalue weighted by molar-refractivity contribution is 7.89. The summed E-state index contributed by atoms with van der Waals surface area (Å²) in [6.07, 6.45) is 2.89. The Morgan fingerprint density at radius 3 is 2.78 bits per heavy atom. The van der Waals surface area contributed by atoms with Gasteiger partial charge in [0.25, 0.3) is 0 Å². The molecule has 0 aromatic carbocycles. The van der Waals surface area contributed by atoms with Crippen molar-refractivity contribution in [2.45, 2.75) is 50.6 Å². The molecule has 3 N–H and O–H groups in total. The Morgan fingerprint density at radius 1 is 1.56 bits per heavy atom. The SMILES string of the molecule is CC1(C)CCC(NS(=O)(=O)c2csc(CN)c2)C1. The average molecular weight is 288 g/mol. The van der Waals surface area contributed by atoms with Gasteiger partial charge in [-0.25, -0.2) is 13.1 Å². The van der Waals surface area contributed by atoms with Gasteiger partial charge in [-0.2, -0.15) is 0 Å². The van der Waals surface area contributed by atoms with Gasteiger partial charge in [0.05, 0.1) is 4.90 Å². The van der Waals surface area contributed by atoms with E-state index in [0.717, 1.165) is 24.1 Å². The van der Waals surface area contributed by atoms with Crippen LogP contribution in [0.3, 0.4) is 0 Å². The molecule has 0 spiro atoms. The molecule has 0 aliphatic heterocycles. The molecule has 1 aromatic rings. The topological polar surface area (TPSA) is 72.2 Å². The summed E-state index contributed by atoms with van der Waals surface area (Å²) in [5.41, 5.74) is 5.74. The maximum absolute atomic E-state index is 12.2. The fourth-order valence-corrected chi connectivity index (χ4v) is 4.86. The highest BCUT2D eigenvalue weighted by Gasteiger charge is 2.33. The third-order valence-corrected chi connectivity index (χ3v) is 6.04. The van der Waals surface area contributed by atoms with Gasteiger partial charge in [-0.15, -0.1) is 11.3 Å². The van der Waals surface area contributed by atoms with Crippen molar-refractivity contribution < 1.29 is 8.42 Å². The molecule has 1 aliphatic carbocycles. The number of nitrogens with two attached hydrogens (primary N) is 1. The van der Waals surface area contributed by atoms with Crippen molar-refractivity contribution in [1.29, 1.82) is 0 Å². The molecule has 0 radical (unpaired) electrons. The van der Waals surface area contributed by atoms with Gasteiger partial charge >= 0.3 is 0 Å². The van der Waals surface area contributed by atoms with Gasteiger partial charge in [0.15, 0.2) is 0 Å². The zero-order valence-electron chi connectivity index (χ0n) is 10.8. The van der Waals surface area contributed by atoms with E-state index in [9.17, 15) is 8.42 Å². The summed E-state index contributed by atoms with van der Waals surface area (Å²) in [4.78, 5) is 1.24. The van der Waals surface area contributed by atoms with Crippen molar-refractivity contribution in [1.82, 2.24) is 4.72 Å². The van der Waals surface area contributed by atoms with Crippen LogP contribution in [0.5, 0.6) is 0 Å². The van der Waals surface area contributed by atoms with Crippen LogP contribution in [-0.2, 0) is 16.6 Å². The molecule has 1 fully saturated rings. The van der Waals surface area contributed by atoms with E-state index in [4.69, 9.17) is 5.73 Å². The summed E-state index contributed by atoms with van der Waals surface area (Å²) in [6, 6.07) is 1.72. The largest absolute Gasteiger partial charge is 0.326 e. The van der Waals surface area contributed by atoms with Gasteiger partial charge in [0.1, 0.15) is 0 Å². The first-order valence-electron chi connectivity index (χ1n) is 6.12. The molecule has 1 aliphatic rings. The summed E-state index contributed by atoms with van der Waals surface area (Å²) in [5.74, 6) is 0. The molecule has 1 aromatic heterocycles. The Balaban J connectivity index is 2.08. The number of hydrogen-bond acceptors (Lipinski definition) is 4. The average Bonchev–Trinajstić information content (AvgIpc) is 2.84. The smallest absolute Gasteiger partial charge is 0.241 e. The highest BCUT2D eigenvalue weighted by atomic mass is 32.2. The fraction of sp³-hybridized carbons (Fsp3) is 0.667. The minimum Gasteiger partial charge on any atom is -0.326 e. The van der Waals surface area contributed by atoms with Crippen molar-refractivity contribution in [3.05, 3.63) is 16.3 Å². The molecule has 2 rings (SSSR count). The molecular weight excluding hydrogens is 268 g/mol. The lowest BCUT2D eigenvalue weighted by atomic mass is 9.92. The van der Waals surface area contributed by atoms with Crippen LogP contribution in [0.4, 0.5) is 0 Å². The number of rotatable bonds is 4. The van der Waals surface area contributed by atoms with Crippen molar-refractivity contribution in [3.8, 4) is 0 Å². The van der Waals surface area contributed by atoms with Crippen molar-refractivity contribution >= 4 is 21.4 Å². The fourth-order valence-electron chi connectivity index (χ4n) is 2.43. The van der Waals surface area contributed by atoms with Gasteiger partial charge in [-0.1, -0.05) is 13.8 Å². The standard InChI is InChI=1S/C12H20N2O2S2/c1-12(2)4-3-9(6-12)14-18(15,16)11-5-10(7-13)17-8-11/h5,8-9,14H,3-4,6-7,13H2,1-2H3. The van der Waals surface area contributed by atoms with E-state index in [1.165, 1.54) is 11.3 Å². The first kappa shape index (κ1) is 14.0. The Morgan fingerprint density at radius 2 is 2.28 bits per heavy atom. The second-order valence-electron chi connectivity index (χ2n) is 5.68. The first-order valence-corrected chi connectivity index (χ1v) is 8.48. The van der Waals surface area contributed by atoms with E-state index in [-0.39, 0.29) is 11.5 Å². The lowest BCUT2D eigenvalue weighted by Gasteiger charge is -2.17. The van der Waals surface area contributed by atoms with Crippen molar-refractivity contribution in [3.63, 3.8) is 0 Å². The number of nitrogens with one attached hydrogen (secondary N) is 1. The van der Waals surface area contributed by atoms with Crippen molar-refractivity contribution in [2.24, 2.45) is 11.1 Å². The maximum atomic E-state index is 12.2. The molecule has 4 nitrogen and oxygen atoms in total. The van der Waals surface area contributed by atoms with Crippen LogP contribution in [0.2, 0.25) is 0 Å². The van der Waals surface area contributed by atoms with Crippen LogP contribution < -0.4 is 10.5 Å². The van der Waals surface area contributed by atoms with E-state index < -0.39 is 10.0 Å². The predicted octanol–water partition coefficient (Wildman–Crippen LogP) is 2.06. The van der Waals surface area contributed by atoms with E-state index >= 15 is 0 Å². The lowest BCUT2D eigenvalue weighted by molar-refractivity contribution is 0.372. The van der Waals surface area contributed by atoms with Crippen LogP contribution in [0.15, 0.2) is 16.3 Å². The van der Waals surface area contributed by atoms with E-state index in [1.54, 1.807) is 11.4 Å².